The summed E-state index contributed by atoms with van der Waals surface area (Å²) in [5.74, 6) is 0. The van der Waals surface area contributed by atoms with Crippen LogP contribution in [0.1, 0.15) is 5.56 Å². The molecule has 0 saturated heterocycles. The first-order valence-electron chi connectivity index (χ1n) is 3.48. The van der Waals surface area contributed by atoms with Gasteiger partial charge in [0.1, 0.15) is 6.26 Å². The molecule has 0 aliphatic rings. The van der Waals surface area contributed by atoms with Crippen LogP contribution in [0.4, 0.5) is 5.69 Å². The largest absolute Gasteiger partial charge is 0.399 e. The first-order valence-corrected chi connectivity index (χ1v) is 4.52. The molecule has 1 atom stereocenters. The zero-order valence-corrected chi connectivity index (χ0v) is 7.53. The van der Waals surface area contributed by atoms with Crippen molar-refractivity contribution in [2.24, 2.45) is 0 Å². The molecule has 4 nitrogen and oxygen atoms in total. The van der Waals surface area contributed by atoms with Crippen molar-refractivity contribution in [2.45, 2.75) is 0 Å². The number of nitrogens with two attached hydrogens (primary N) is 1. The number of anilines is 1. The molecule has 1 unspecified atom stereocenters. The molecule has 0 heterocycles. The van der Waals surface area contributed by atoms with Crippen LogP contribution < -0.4 is 5.73 Å². The van der Waals surface area contributed by atoms with Crippen LogP contribution in [0, 0.1) is 0 Å². The van der Waals surface area contributed by atoms with E-state index >= 15 is 0 Å². The lowest BCUT2D eigenvalue weighted by molar-refractivity contribution is 0.422. The number of nitrogen functional groups attached to an aromatic ring is 1. The summed E-state index contributed by atoms with van der Waals surface area (Å²) in [4.78, 5) is 0. The van der Waals surface area contributed by atoms with Crippen LogP contribution in [0.3, 0.4) is 0 Å². The molecule has 1 aromatic rings. The van der Waals surface area contributed by atoms with Crippen LogP contribution in [0.2, 0.25) is 0 Å². The standard InChI is InChI=1S/C8H9NO3S/c9-8-3-1-2-7(6-8)4-5-12-13(10)11/h1-6H,9H2,(H,10,11)/b5-4+. The van der Waals surface area contributed by atoms with Gasteiger partial charge in [0.05, 0.1) is 0 Å². The van der Waals surface area contributed by atoms with Crippen molar-refractivity contribution in [1.29, 1.82) is 0 Å². The summed E-state index contributed by atoms with van der Waals surface area (Å²) in [6.45, 7) is 0. The van der Waals surface area contributed by atoms with Crippen LogP contribution in [0.5, 0.6) is 0 Å². The minimum absolute atomic E-state index is 0.632. The average molecular weight is 199 g/mol. The molecule has 0 aliphatic carbocycles. The molecule has 1 aromatic carbocycles. The van der Waals surface area contributed by atoms with Gasteiger partial charge in [-0.15, -0.1) is 0 Å². The highest BCUT2D eigenvalue weighted by Gasteiger charge is 1.89. The molecule has 1 rings (SSSR count). The fraction of sp³-hybridized carbons (Fsp3) is 0. The average Bonchev–Trinajstić information content (AvgIpc) is 2.03. The Morgan fingerprint density at radius 2 is 2.31 bits per heavy atom. The smallest absolute Gasteiger partial charge is 0.356 e. The van der Waals surface area contributed by atoms with Gasteiger partial charge in [0.15, 0.2) is 0 Å². The highest BCUT2D eigenvalue weighted by molar-refractivity contribution is 7.74. The molecule has 5 heteroatoms. The van der Waals surface area contributed by atoms with Crippen molar-refractivity contribution in [2.75, 3.05) is 5.73 Å². The topological polar surface area (TPSA) is 72.5 Å². The van der Waals surface area contributed by atoms with Gasteiger partial charge in [-0.3, -0.25) is 4.55 Å². The lowest BCUT2D eigenvalue weighted by atomic mass is 10.2. The predicted octanol–water partition coefficient (Wildman–Crippen LogP) is 1.39. The highest BCUT2D eigenvalue weighted by atomic mass is 32.2. The fourth-order valence-corrected chi connectivity index (χ4v) is 0.967. The van der Waals surface area contributed by atoms with Gasteiger partial charge in [-0.05, 0) is 23.8 Å². The van der Waals surface area contributed by atoms with Crippen molar-refractivity contribution in [3.05, 3.63) is 36.1 Å². The Hall–Kier alpha value is -1.33. The van der Waals surface area contributed by atoms with Gasteiger partial charge in [-0.1, -0.05) is 12.1 Å². The van der Waals surface area contributed by atoms with E-state index in [9.17, 15) is 4.21 Å². The third-order valence-corrected chi connectivity index (χ3v) is 1.58. The Kier molecular flexibility index (Phi) is 3.48. The zero-order valence-electron chi connectivity index (χ0n) is 6.71. The summed E-state index contributed by atoms with van der Waals surface area (Å²) >= 11 is -2.26. The highest BCUT2D eigenvalue weighted by Crippen LogP contribution is 2.07. The Morgan fingerprint density at radius 1 is 1.54 bits per heavy atom. The molecule has 0 bridgehead atoms. The van der Waals surface area contributed by atoms with Gasteiger partial charge in [0, 0.05) is 5.69 Å². The van der Waals surface area contributed by atoms with E-state index in [0.717, 1.165) is 11.8 Å². The first kappa shape index (κ1) is 9.76. The van der Waals surface area contributed by atoms with Crippen LogP contribution in [0.25, 0.3) is 6.08 Å². The Balaban J connectivity index is 2.63. The Bertz CT molecular complexity index is 338. The van der Waals surface area contributed by atoms with Gasteiger partial charge >= 0.3 is 11.4 Å². The third kappa shape index (κ3) is 3.73. The quantitative estimate of drug-likeness (QED) is 0.438. The lowest BCUT2D eigenvalue weighted by Crippen LogP contribution is -1.86. The van der Waals surface area contributed by atoms with Gasteiger partial charge < -0.3 is 9.92 Å². The van der Waals surface area contributed by atoms with Crippen LogP contribution in [0.15, 0.2) is 30.5 Å². The molecule has 0 spiro atoms. The molecule has 0 aliphatic heterocycles. The second-order valence-electron chi connectivity index (χ2n) is 2.29. The lowest BCUT2D eigenvalue weighted by Gasteiger charge is -1.94. The normalized spacial score (nSPS) is 13.0. The van der Waals surface area contributed by atoms with Gasteiger partial charge in [0.2, 0.25) is 0 Å². The molecule has 3 N–H and O–H groups in total. The Morgan fingerprint density at radius 3 is 2.92 bits per heavy atom. The zero-order chi connectivity index (χ0) is 9.68. The summed E-state index contributed by atoms with van der Waals surface area (Å²) in [5.41, 5.74) is 6.95. The summed E-state index contributed by atoms with van der Waals surface area (Å²) in [5, 5.41) is 0. The number of rotatable bonds is 3. The molecular formula is C8H9NO3S. The van der Waals surface area contributed by atoms with E-state index in [1.165, 1.54) is 0 Å². The maximum absolute atomic E-state index is 10.1. The fourth-order valence-electron chi connectivity index (χ4n) is 0.817. The molecule has 0 fully saturated rings. The minimum atomic E-state index is -2.26. The van der Waals surface area contributed by atoms with Gasteiger partial charge in [-0.25, -0.2) is 0 Å². The van der Waals surface area contributed by atoms with E-state index < -0.39 is 11.4 Å². The summed E-state index contributed by atoms with van der Waals surface area (Å²) in [7, 11) is 0. The maximum atomic E-state index is 10.1. The van der Waals surface area contributed by atoms with Crippen molar-refractivity contribution in [3.8, 4) is 0 Å². The van der Waals surface area contributed by atoms with E-state index in [2.05, 4.69) is 4.18 Å². The van der Waals surface area contributed by atoms with E-state index in [0.29, 0.717) is 5.69 Å². The van der Waals surface area contributed by atoms with E-state index in [1.807, 2.05) is 0 Å². The second-order valence-corrected chi connectivity index (χ2v) is 2.91. The molecule has 0 amide bonds. The van der Waals surface area contributed by atoms with E-state index in [1.54, 1.807) is 30.3 Å². The minimum Gasteiger partial charge on any atom is -0.399 e. The van der Waals surface area contributed by atoms with Crippen molar-refractivity contribution in [1.82, 2.24) is 0 Å². The predicted molar refractivity (Wildman–Crippen MR) is 51.7 cm³/mol. The monoisotopic (exact) mass is 199 g/mol. The first-order chi connectivity index (χ1) is 6.18. The molecular weight excluding hydrogens is 190 g/mol. The number of hydrogen-bond acceptors (Lipinski definition) is 3. The van der Waals surface area contributed by atoms with E-state index in [4.69, 9.17) is 10.3 Å². The van der Waals surface area contributed by atoms with Crippen molar-refractivity contribution < 1.29 is 12.9 Å². The molecule has 70 valence electrons. The van der Waals surface area contributed by atoms with Crippen LogP contribution >= 0.6 is 0 Å². The summed E-state index contributed by atoms with van der Waals surface area (Å²) in [6.07, 6.45) is 2.69. The number of benzene rings is 1. The number of hydrogen-bond donors (Lipinski definition) is 2. The molecule has 0 radical (unpaired) electrons. The SMILES string of the molecule is Nc1cccc(/C=C/OS(=O)O)c1. The molecule has 0 aromatic heterocycles. The summed E-state index contributed by atoms with van der Waals surface area (Å²) in [6, 6.07) is 7.06. The van der Waals surface area contributed by atoms with Crippen molar-refractivity contribution >= 4 is 23.1 Å². The van der Waals surface area contributed by atoms with E-state index in [-0.39, 0.29) is 0 Å². The Labute approximate surface area is 78.5 Å². The molecule has 0 saturated carbocycles. The van der Waals surface area contributed by atoms with Crippen molar-refractivity contribution in [3.63, 3.8) is 0 Å². The second kappa shape index (κ2) is 4.64. The summed E-state index contributed by atoms with van der Waals surface area (Å²) < 4.78 is 22.6. The van der Waals surface area contributed by atoms with Crippen LogP contribution in [-0.2, 0) is 15.5 Å². The maximum Gasteiger partial charge on any atom is 0.356 e. The van der Waals surface area contributed by atoms with Gasteiger partial charge in [0.25, 0.3) is 0 Å². The molecule has 13 heavy (non-hydrogen) atoms. The third-order valence-electron chi connectivity index (χ3n) is 1.31. The van der Waals surface area contributed by atoms with Crippen LogP contribution in [-0.4, -0.2) is 8.76 Å². The van der Waals surface area contributed by atoms with Gasteiger partial charge in [-0.2, -0.15) is 4.21 Å².